The third-order valence-corrected chi connectivity index (χ3v) is 6.12. The number of hydrogen-bond donors (Lipinski definition) is 0. The number of furan rings is 1. The summed E-state index contributed by atoms with van der Waals surface area (Å²) in [7, 11) is 3.90. The monoisotopic (exact) mass is 420 g/mol. The second-order valence-electron chi connectivity index (χ2n) is 8.72. The van der Waals surface area contributed by atoms with Crippen molar-refractivity contribution in [3.05, 3.63) is 59.0 Å². The summed E-state index contributed by atoms with van der Waals surface area (Å²) in [4.78, 5) is 32.0. The number of benzene rings is 1. The van der Waals surface area contributed by atoms with Gasteiger partial charge in [0.1, 0.15) is 5.76 Å². The van der Waals surface area contributed by atoms with E-state index in [0.717, 1.165) is 30.6 Å². The average molecular weight is 421 g/mol. The molecular formula is C24H28N4O3. The molecule has 1 aliphatic carbocycles. The molecule has 1 aliphatic heterocycles. The predicted octanol–water partition coefficient (Wildman–Crippen LogP) is 2.62. The lowest BCUT2D eigenvalue weighted by molar-refractivity contribution is -0.133. The molecule has 1 saturated heterocycles. The minimum atomic E-state index is -0.506. The van der Waals surface area contributed by atoms with E-state index in [-0.39, 0.29) is 11.8 Å². The Morgan fingerprint density at radius 1 is 1.10 bits per heavy atom. The van der Waals surface area contributed by atoms with Crippen molar-refractivity contribution >= 4 is 11.8 Å². The van der Waals surface area contributed by atoms with Gasteiger partial charge in [0.05, 0.1) is 23.6 Å². The van der Waals surface area contributed by atoms with Crippen LogP contribution in [0.2, 0.25) is 0 Å². The highest BCUT2D eigenvalue weighted by molar-refractivity contribution is 5.93. The third kappa shape index (κ3) is 4.35. The van der Waals surface area contributed by atoms with Crippen molar-refractivity contribution in [2.45, 2.75) is 31.2 Å². The fraction of sp³-hybridized carbons (Fsp3) is 0.458. The molecular weight excluding hydrogens is 392 g/mol. The van der Waals surface area contributed by atoms with Gasteiger partial charge < -0.3 is 19.1 Å². The van der Waals surface area contributed by atoms with E-state index >= 15 is 0 Å². The number of nitriles is 1. The average Bonchev–Trinajstić information content (AvgIpc) is 3.51. The van der Waals surface area contributed by atoms with Gasteiger partial charge in [-0.2, -0.15) is 5.26 Å². The highest BCUT2D eigenvalue weighted by Crippen LogP contribution is 2.49. The molecule has 162 valence electrons. The molecule has 31 heavy (non-hydrogen) atoms. The van der Waals surface area contributed by atoms with Crippen molar-refractivity contribution in [3.8, 4) is 6.07 Å². The van der Waals surface area contributed by atoms with Crippen LogP contribution in [0.3, 0.4) is 0 Å². The highest BCUT2D eigenvalue weighted by atomic mass is 16.4. The van der Waals surface area contributed by atoms with E-state index < -0.39 is 5.41 Å². The van der Waals surface area contributed by atoms with E-state index in [2.05, 4.69) is 6.07 Å². The molecule has 0 radical (unpaired) electrons. The summed E-state index contributed by atoms with van der Waals surface area (Å²) in [5.41, 5.74) is 1.00. The summed E-state index contributed by atoms with van der Waals surface area (Å²) in [5.74, 6) is 1.10. The lowest BCUT2D eigenvalue weighted by atomic mass is 9.93. The van der Waals surface area contributed by atoms with Crippen molar-refractivity contribution in [3.63, 3.8) is 0 Å². The van der Waals surface area contributed by atoms with E-state index in [9.17, 15) is 14.9 Å². The van der Waals surface area contributed by atoms with E-state index in [1.807, 2.05) is 48.2 Å². The Bertz CT molecular complexity index is 1020. The van der Waals surface area contributed by atoms with Crippen molar-refractivity contribution < 1.29 is 14.0 Å². The summed E-state index contributed by atoms with van der Waals surface area (Å²) in [6.45, 7) is 2.87. The van der Waals surface area contributed by atoms with Gasteiger partial charge >= 0.3 is 0 Å². The molecule has 1 aromatic heterocycles. The van der Waals surface area contributed by atoms with Gasteiger partial charge in [0.15, 0.2) is 5.76 Å². The first-order valence-corrected chi connectivity index (χ1v) is 10.8. The van der Waals surface area contributed by atoms with Crippen LogP contribution >= 0.6 is 0 Å². The molecule has 0 unspecified atom stereocenters. The number of amides is 2. The smallest absolute Gasteiger partial charge is 0.289 e. The van der Waals surface area contributed by atoms with Crippen LogP contribution in [0.25, 0.3) is 0 Å². The fourth-order valence-corrected chi connectivity index (χ4v) is 4.31. The Morgan fingerprint density at radius 3 is 2.55 bits per heavy atom. The summed E-state index contributed by atoms with van der Waals surface area (Å²) in [5, 5.41) is 9.20. The van der Waals surface area contributed by atoms with E-state index in [1.165, 1.54) is 0 Å². The molecule has 7 heteroatoms. The molecule has 2 fully saturated rings. The molecule has 0 spiro atoms. The minimum Gasteiger partial charge on any atom is -0.455 e. The number of carbonyl (C=O) groups is 2. The SMILES string of the molecule is CN(C)Cc1ccc(C(=O)N2CCCN(C(=O)C3(c4cccc(C#N)c4)CC3)CC2)o1. The van der Waals surface area contributed by atoms with Crippen LogP contribution in [0.5, 0.6) is 0 Å². The quantitative estimate of drug-likeness (QED) is 0.743. The highest BCUT2D eigenvalue weighted by Gasteiger charge is 2.53. The maximum absolute atomic E-state index is 13.4. The Hall–Kier alpha value is -3.11. The first kappa shape index (κ1) is 21.1. The Balaban J connectivity index is 1.42. The zero-order valence-electron chi connectivity index (χ0n) is 18.1. The van der Waals surface area contributed by atoms with Crippen LogP contribution in [-0.2, 0) is 16.8 Å². The molecule has 7 nitrogen and oxygen atoms in total. The van der Waals surface area contributed by atoms with E-state index in [4.69, 9.17) is 4.42 Å². The maximum atomic E-state index is 13.4. The van der Waals surface area contributed by atoms with Gasteiger partial charge in [0.25, 0.3) is 5.91 Å². The van der Waals surface area contributed by atoms with Crippen LogP contribution < -0.4 is 0 Å². The molecule has 2 heterocycles. The molecule has 4 rings (SSSR count). The summed E-state index contributed by atoms with van der Waals surface area (Å²) < 4.78 is 5.73. The zero-order chi connectivity index (χ0) is 22.0. The normalized spacial score (nSPS) is 17.9. The number of hydrogen-bond acceptors (Lipinski definition) is 5. The second kappa shape index (κ2) is 8.56. The van der Waals surface area contributed by atoms with Crippen LogP contribution in [-0.4, -0.2) is 66.8 Å². The van der Waals surface area contributed by atoms with Crippen LogP contribution in [0.4, 0.5) is 0 Å². The summed E-state index contributed by atoms with van der Waals surface area (Å²) in [6, 6.07) is 13.1. The molecule has 1 saturated carbocycles. The molecule has 2 aromatic rings. The fourth-order valence-electron chi connectivity index (χ4n) is 4.31. The molecule has 2 aliphatic rings. The third-order valence-electron chi connectivity index (χ3n) is 6.12. The number of carbonyl (C=O) groups excluding carboxylic acids is 2. The zero-order valence-corrected chi connectivity index (χ0v) is 18.1. The van der Waals surface area contributed by atoms with Gasteiger partial charge in [-0.15, -0.1) is 0 Å². The van der Waals surface area contributed by atoms with Gasteiger partial charge in [-0.3, -0.25) is 9.59 Å². The predicted molar refractivity (Wildman–Crippen MR) is 115 cm³/mol. The largest absolute Gasteiger partial charge is 0.455 e. The summed E-state index contributed by atoms with van der Waals surface area (Å²) in [6.07, 6.45) is 2.35. The lowest BCUT2D eigenvalue weighted by Crippen LogP contribution is -2.42. The van der Waals surface area contributed by atoms with Crippen molar-refractivity contribution in [1.82, 2.24) is 14.7 Å². The molecule has 1 aromatic carbocycles. The lowest BCUT2D eigenvalue weighted by Gasteiger charge is -2.26. The molecule has 0 bridgehead atoms. The minimum absolute atomic E-state index is 0.114. The molecule has 0 N–H and O–H groups in total. The number of rotatable bonds is 5. The molecule has 2 amide bonds. The van der Waals surface area contributed by atoms with Gasteiger partial charge in [-0.1, -0.05) is 12.1 Å². The Labute approximate surface area is 182 Å². The molecule has 0 atom stereocenters. The van der Waals surface area contributed by atoms with Crippen molar-refractivity contribution in [2.24, 2.45) is 0 Å². The van der Waals surface area contributed by atoms with Crippen LogP contribution in [0.1, 0.15) is 46.7 Å². The van der Waals surface area contributed by atoms with Crippen molar-refractivity contribution in [2.75, 3.05) is 40.3 Å². The van der Waals surface area contributed by atoms with Gasteiger partial charge in [-0.05, 0) is 63.2 Å². The topological polar surface area (TPSA) is 80.8 Å². The van der Waals surface area contributed by atoms with E-state index in [1.54, 1.807) is 17.0 Å². The van der Waals surface area contributed by atoms with Crippen LogP contribution in [0.15, 0.2) is 40.8 Å². The number of nitrogens with zero attached hydrogens (tertiary/aromatic N) is 4. The van der Waals surface area contributed by atoms with Crippen molar-refractivity contribution in [1.29, 1.82) is 5.26 Å². The van der Waals surface area contributed by atoms with Gasteiger partial charge in [-0.25, -0.2) is 0 Å². The van der Waals surface area contributed by atoms with Gasteiger partial charge in [0.2, 0.25) is 5.91 Å². The summed E-state index contributed by atoms with van der Waals surface area (Å²) >= 11 is 0. The maximum Gasteiger partial charge on any atom is 0.289 e. The first-order chi connectivity index (χ1) is 14.9. The van der Waals surface area contributed by atoms with Crippen LogP contribution in [0, 0.1) is 11.3 Å². The first-order valence-electron chi connectivity index (χ1n) is 10.8. The Kier molecular flexibility index (Phi) is 5.84. The van der Waals surface area contributed by atoms with Gasteiger partial charge in [0, 0.05) is 26.2 Å². The van der Waals surface area contributed by atoms with E-state index in [0.29, 0.717) is 44.0 Å². The standard InChI is InChI=1S/C24H28N4O3/c1-26(2)17-20-7-8-21(31-20)22(29)27-11-4-12-28(14-13-27)23(30)24(9-10-24)19-6-3-5-18(15-19)16-25/h3,5-8,15H,4,9-14,17H2,1-2H3. The second-order valence-corrected chi connectivity index (χ2v) is 8.72. The Morgan fingerprint density at radius 2 is 1.84 bits per heavy atom.